The van der Waals surface area contributed by atoms with E-state index in [2.05, 4.69) is 15.0 Å². The zero-order valence-corrected chi connectivity index (χ0v) is 9.25. The summed E-state index contributed by atoms with van der Waals surface area (Å²) in [6.45, 7) is 0. The van der Waals surface area contributed by atoms with Gasteiger partial charge in [-0.05, 0) is 12.1 Å². The first-order valence-corrected chi connectivity index (χ1v) is 5.23. The van der Waals surface area contributed by atoms with E-state index in [1.165, 1.54) is 6.07 Å². The largest absolute Gasteiger partial charge is 0.332 e. The maximum Gasteiger partial charge on any atom is 0.327 e. The van der Waals surface area contributed by atoms with Crippen molar-refractivity contribution in [2.75, 3.05) is 0 Å². The average molecular weight is 264 g/mol. The third-order valence-corrected chi connectivity index (χ3v) is 2.59. The predicted molar refractivity (Wildman–Crippen MR) is 62.7 cm³/mol. The molecule has 6 nitrogen and oxygen atoms in total. The Morgan fingerprint density at radius 3 is 2.37 bits per heavy atom. The maximum atomic E-state index is 13.6. The average Bonchev–Trinajstić information content (AvgIpc) is 2.72. The summed E-state index contributed by atoms with van der Waals surface area (Å²) in [5.41, 5.74) is -1.97. The molecule has 3 rings (SSSR count). The van der Waals surface area contributed by atoms with Gasteiger partial charge in [0.15, 0.2) is 5.65 Å². The van der Waals surface area contributed by atoms with Crippen molar-refractivity contribution in [1.82, 2.24) is 19.9 Å². The summed E-state index contributed by atoms with van der Waals surface area (Å²) in [4.78, 5) is 33.1. The molecule has 19 heavy (non-hydrogen) atoms. The fourth-order valence-electron chi connectivity index (χ4n) is 1.77. The van der Waals surface area contributed by atoms with Crippen molar-refractivity contribution in [3.63, 3.8) is 0 Å². The van der Waals surface area contributed by atoms with Gasteiger partial charge in [-0.2, -0.15) is 0 Å². The van der Waals surface area contributed by atoms with Gasteiger partial charge in [0, 0.05) is 0 Å². The number of aromatic nitrogens is 4. The maximum absolute atomic E-state index is 13.6. The number of rotatable bonds is 1. The van der Waals surface area contributed by atoms with Crippen molar-refractivity contribution in [3.8, 4) is 11.4 Å². The molecule has 0 spiro atoms. The van der Waals surface area contributed by atoms with E-state index in [0.29, 0.717) is 0 Å². The number of nitrogens with one attached hydrogen (secondary N) is 3. The van der Waals surface area contributed by atoms with Gasteiger partial charge in [-0.1, -0.05) is 6.07 Å². The molecule has 0 aliphatic heterocycles. The summed E-state index contributed by atoms with van der Waals surface area (Å²) in [6.07, 6.45) is 0. The first kappa shape index (κ1) is 11.3. The lowest BCUT2D eigenvalue weighted by Gasteiger charge is -1.99. The summed E-state index contributed by atoms with van der Waals surface area (Å²) in [7, 11) is 0. The zero-order valence-electron chi connectivity index (χ0n) is 9.25. The van der Waals surface area contributed by atoms with Crippen LogP contribution in [0, 0.1) is 11.6 Å². The fraction of sp³-hybridized carbons (Fsp3) is 0. The topological polar surface area (TPSA) is 94.4 Å². The molecular weight excluding hydrogens is 258 g/mol. The van der Waals surface area contributed by atoms with E-state index in [4.69, 9.17) is 0 Å². The first-order chi connectivity index (χ1) is 9.06. The highest BCUT2D eigenvalue weighted by molar-refractivity contribution is 5.74. The van der Waals surface area contributed by atoms with Gasteiger partial charge in [0.05, 0.1) is 5.56 Å². The van der Waals surface area contributed by atoms with Crippen LogP contribution < -0.4 is 11.2 Å². The van der Waals surface area contributed by atoms with Gasteiger partial charge in [0.1, 0.15) is 23.0 Å². The highest BCUT2D eigenvalue weighted by atomic mass is 19.1. The molecule has 96 valence electrons. The van der Waals surface area contributed by atoms with Crippen LogP contribution in [0.3, 0.4) is 0 Å². The van der Waals surface area contributed by atoms with Gasteiger partial charge < -0.3 is 4.98 Å². The normalized spacial score (nSPS) is 11.1. The quantitative estimate of drug-likeness (QED) is 0.609. The minimum absolute atomic E-state index is 0.0581. The van der Waals surface area contributed by atoms with E-state index in [1.807, 2.05) is 4.98 Å². The molecule has 3 aromatic rings. The van der Waals surface area contributed by atoms with Crippen molar-refractivity contribution in [3.05, 3.63) is 50.7 Å². The molecule has 0 aliphatic carbocycles. The molecule has 2 aromatic heterocycles. The number of halogens is 2. The fourth-order valence-corrected chi connectivity index (χ4v) is 1.77. The lowest BCUT2D eigenvalue weighted by atomic mass is 10.2. The van der Waals surface area contributed by atoms with Gasteiger partial charge in [-0.25, -0.2) is 18.6 Å². The van der Waals surface area contributed by atoms with E-state index in [1.54, 1.807) is 0 Å². The Balaban J connectivity index is 2.36. The number of aromatic amines is 3. The second-order valence-electron chi connectivity index (χ2n) is 3.81. The molecule has 0 saturated heterocycles. The van der Waals surface area contributed by atoms with Gasteiger partial charge in [-0.3, -0.25) is 14.8 Å². The van der Waals surface area contributed by atoms with Crippen LogP contribution >= 0.6 is 0 Å². The molecule has 2 heterocycles. The molecular formula is C11H6F2N4O2. The predicted octanol–water partition coefficient (Wildman–Crippen LogP) is 0.885. The van der Waals surface area contributed by atoms with E-state index in [0.717, 1.165) is 12.1 Å². The van der Waals surface area contributed by atoms with Crippen LogP contribution in [0.5, 0.6) is 0 Å². The summed E-state index contributed by atoms with van der Waals surface area (Å²) in [5.74, 6) is -1.81. The number of fused-ring (bicyclic) bond motifs is 1. The lowest BCUT2D eigenvalue weighted by Crippen LogP contribution is -2.21. The number of hydrogen-bond acceptors (Lipinski definition) is 3. The molecule has 3 N–H and O–H groups in total. The summed E-state index contributed by atoms with van der Waals surface area (Å²) in [6, 6.07) is 3.35. The van der Waals surface area contributed by atoms with E-state index in [9.17, 15) is 18.4 Å². The Hall–Kier alpha value is -2.77. The SMILES string of the molecule is O=c1[nH]c(=O)c2[nH]c(-c3c(F)cccc3F)nc2[nH]1. The Morgan fingerprint density at radius 1 is 1.00 bits per heavy atom. The van der Waals surface area contributed by atoms with Crippen LogP contribution in [-0.4, -0.2) is 19.9 Å². The van der Waals surface area contributed by atoms with Gasteiger partial charge in [-0.15, -0.1) is 0 Å². The zero-order chi connectivity index (χ0) is 13.6. The van der Waals surface area contributed by atoms with Crippen LogP contribution in [0.25, 0.3) is 22.6 Å². The standard InChI is InChI=1S/C11H6F2N4O2/c12-4-2-1-3-5(13)6(4)8-14-7-9(15-8)16-11(19)17-10(7)18/h1-3H,(H3,14,15,16,17,18,19). The molecule has 0 radical (unpaired) electrons. The number of benzene rings is 1. The molecule has 0 fully saturated rings. The highest BCUT2D eigenvalue weighted by Gasteiger charge is 2.16. The van der Waals surface area contributed by atoms with Crippen molar-refractivity contribution in [2.45, 2.75) is 0 Å². The number of H-pyrrole nitrogens is 3. The third-order valence-electron chi connectivity index (χ3n) is 2.59. The van der Waals surface area contributed by atoms with Crippen molar-refractivity contribution >= 4 is 11.2 Å². The van der Waals surface area contributed by atoms with Gasteiger partial charge in [0.25, 0.3) is 5.56 Å². The van der Waals surface area contributed by atoms with Crippen molar-refractivity contribution in [2.24, 2.45) is 0 Å². The van der Waals surface area contributed by atoms with Crippen LogP contribution in [-0.2, 0) is 0 Å². The molecule has 1 aromatic carbocycles. The second-order valence-corrected chi connectivity index (χ2v) is 3.81. The summed E-state index contributed by atoms with van der Waals surface area (Å²) < 4.78 is 27.2. The summed E-state index contributed by atoms with van der Waals surface area (Å²) >= 11 is 0. The number of imidazole rings is 1. The highest BCUT2D eigenvalue weighted by Crippen LogP contribution is 2.23. The Kier molecular flexibility index (Phi) is 2.31. The van der Waals surface area contributed by atoms with E-state index >= 15 is 0 Å². The molecule has 0 amide bonds. The van der Waals surface area contributed by atoms with E-state index < -0.39 is 22.9 Å². The Labute approximate surface area is 103 Å². The van der Waals surface area contributed by atoms with Gasteiger partial charge in [0.2, 0.25) is 0 Å². The minimum atomic E-state index is -0.821. The van der Waals surface area contributed by atoms with Crippen LogP contribution in [0.1, 0.15) is 0 Å². The minimum Gasteiger partial charge on any atom is -0.332 e. The second kappa shape index (κ2) is 3.87. The first-order valence-electron chi connectivity index (χ1n) is 5.23. The number of nitrogens with zero attached hydrogens (tertiary/aromatic N) is 1. The monoisotopic (exact) mass is 264 g/mol. The molecule has 0 unspecified atom stereocenters. The van der Waals surface area contributed by atoms with Crippen LogP contribution in [0.2, 0.25) is 0 Å². The Morgan fingerprint density at radius 2 is 1.68 bits per heavy atom. The molecule has 0 saturated carbocycles. The third kappa shape index (κ3) is 1.73. The lowest BCUT2D eigenvalue weighted by molar-refractivity contribution is 0.588. The van der Waals surface area contributed by atoms with Crippen LogP contribution in [0.15, 0.2) is 27.8 Å². The van der Waals surface area contributed by atoms with Crippen LogP contribution in [0.4, 0.5) is 8.78 Å². The molecule has 0 atom stereocenters. The van der Waals surface area contributed by atoms with Crippen molar-refractivity contribution in [1.29, 1.82) is 0 Å². The Bertz CT molecular complexity index is 873. The number of hydrogen-bond donors (Lipinski definition) is 3. The molecule has 8 heteroatoms. The summed E-state index contributed by atoms with van der Waals surface area (Å²) in [5, 5.41) is 0. The smallest absolute Gasteiger partial charge is 0.327 e. The van der Waals surface area contributed by atoms with Gasteiger partial charge >= 0.3 is 5.69 Å². The molecule has 0 bridgehead atoms. The van der Waals surface area contributed by atoms with E-state index in [-0.39, 0.29) is 22.6 Å². The molecule has 0 aliphatic rings. The van der Waals surface area contributed by atoms with Crippen molar-refractivity contribution < 1.29 is 8.78 Å².